The van der Waals surface area contributed by atoms with Gasteiger partial charge >= 0.3 is 5.97 Å². The predicted octanol–water partition coefficient (Wildman–Crippen LogP) is 5.16. The molecular weight excluding hydrogens is 352 g/mol. The third-order valence-corrected chi connectivity index (χ3v) is 4.03. The Labute approximate surface area is 165 Å². The summed E-state index contributed by atoms with van der Waals surface area (Å²) in [5.41, 5.74) is 3.11. The average Bonchev–Trinajstić information content (AvgIpc) is 2.72. The summed E-state index contributed by atoms with van der Waals surface area (Å²) < 4.78 is 16.2. The van der Waals surface area contributed by atoms with Crippen molar-refractivity contribution in [2.45, 2.75) is 6.92 Å². The second kappa shape index (κ2) is 9.42. The van der Waals surface area contributed by atoms with Gasteiger partial charge in [-0.3, -0.25) is 0 Å². The Bertz CT molecular complexity index is 961. The first kappa shape index (κ1) is 19.2. The van der Waals surface area contributed by atoms with Crippen LogP contribution in [0, 0.1) is 6.92 Å². The molecule has 0 aliphatic rings. The van der Waals surface area contributed by atoms with Crippen molar-refractivity contribution in [3.8, 4) is 17.2 Å². The zero-order valence-corrected chi connectivity index (χ0v) is 15.9. The molecule has 0 fully saturated rings. The van der Waals surface area contributed by atoms with Crippen LogP contribution in [-0.2, 0) is 4.79 Å². The van der Waals surface area contributed by atoms with Crippen LogP contribution in [0.25, 0.3) is 12.2 Å². The van der Waals surface area contributed by atoms with Gasteiger partial charge in [-0.15, -0.1) is 0 Å². The van der Waals surface area contributed by atoms with Crippen molar-refractivity contribution < 1.29 is 19.0 Å². The minimum absolute atomic E-state index is 0.178. The van der Waals surface area contributed by atoms with E-state index < -0.39 is 5.97 Å². The van der Waals surface area contributed by atoms with E-state index in [0.717, 1.165) is 16.7 Å². The van der Waals surface area contributed by atoms with Crippen molar-refractivity contribution in [3.63, 3.8) is 0 Å². The fraction of sp³-hybridized carbons (Fsp3) is 0.125. The Morgan fingerprint density at radius 1 is 0.857 bits per heavy atom. The number of esters is 1. The molecule has 3 rings (SSSR count). The Kier molecular flexibility index (Phi) is 6.47. The fourth-order valence-electron chi connectivity index (χ4n) is 2.63. The van der Waals surface area contributed by atoms with Crippen LogP contribution < -0.4 is 14.2 Å². The van der Waals surface area contributed by atoms with E-state index in [-0.39, 0.29) is 6.61 Å². The Morgan fingerprint density at radius 3 is 2.39 bits per heavy atom. The van der Waals surface area contributed by atoms with E-state index in [1.165, 1.54) is 0 Å². The standard InChI is InChI=1S/C24H22O4/c1-18-7-6-10-21(15-18)27-17-24(25)28-22-14-13-20(16-23(22)26-2)12-11-19-8-4-3-5-9-19/h3-16H,17H2,1-2H3/b12-11+. The van der Waals surface area contributed by atoms with Crippen LogP contribution in [0.5, 0.6) is 17.2 Å². The van der Waals surface area contributed by atoms with E-state index >= 15 is 0 Å². The number of carbonyl (C=O) groups is 1. The third kappa shape index (κ3) is 5.48. The summed E-state index contributed by atoms with van der Waals surface area (Å²) in [6.45, 7) is 1.78. The first-order valence-electron chi connectivity index (χ1n) is 8.95. The summed E-state index contributed by atoms with van der Waals surface area (Å²) in [5, 5.41) is 0. The van der Waals surface area contributed by atoms with Gasteiger partial charge in [-0.2, -0.15) is 0 Å². The largest absolute Gasteiger partial charge is 0.493 e. The maximum Gasteiger partial charge on any atom is 0.349 e. The molecule has 0 saturated carbocycles. The highest BCUT2D eigenvalue weighted by molar-refractivity contribution is 5.76. The van der Waals surface area contributed by atoms with Gasteiger partial charge < -0.3 is 14.2 Å². The van der Waals surface area contributed by atoms with Crippen LogP contribution in [-0.4, -0.2) is 19.7 Å². The Morgan fingerprint density at radius 2 is 1.64 bits per heavy atom. The normalized spacial score (nSPS) is 10.6. The number of rotatable bonds is 7. The van der Waals surface area contributed by atoms with Gasteiger partial charge in [0, 0.05) is 0 Å². The van der Waals surface area contributed by atoms with Gasteiger partial charge in [0.15, 0.2) is 18.1 Å². The Balaban J connectivity index is 1.63. The summed E-state index contributed by atoms with van der Waals surface area (Å²) in [7, 11) is 1.54. The second-order valence-electron chi connectivity index (χ2n) is 6.23. The van der Waals surface area contributed by atoms with Crippen LogP contribution in [0.3, 0.4) is 0 Å². The van der Waals surface area contributed by atoms with Crippen LogP contribution in [0.2, 0.25) is 0 Å². The molecule has 28 heavy (non-hydrogen) atoms. The van der Waals surface area contributed by atoms with Gasteiger partial charge in [0.1, 0.15) is 5.75 Å². The third-order valence-electron chi connectivity index (χ3n) is 4.03. The van der Waals surface area contributed by atoms with Gasteiger partial charge in [0.25, 0.3) is 0 Å². The molecule has 4 nitrogen and oxygen atoms in total. The van der Waals surface area contributed by atoms with Gasteiger partial charge in [0.05, 0.1) is 7.11 Å². The summed E-state index contributed by atoms with van der Waals surface area (Å²) in [6, 6.07) is 22.9. The van der Waals surface area contributed by atoms with E-state index in [0.29, 0.717) is 17.2 Å². The molecule has 0 N–H and O–H groups in total. The van der Waals surface area contributed by atoms with Crippen LogP contribution in [0.15, 0.2) is 72.8 Å². The van der Waals surface area contributed by atoms with Crippen molar-refractivity contribution in [1.82, 2.24) is 0 Å². The number of hydrogen-bond donors (Lipinski definition) is 0. The monoisotopic (exact) mass is 374 g/mol. The molecule has 3 aromatic rings. The molecule has 142 valence electrons. The number of benzene rings is 3. The lowest BCUT2D eigenvalue weighted by molar-refractivity contribution is -0.136. The zero-order valence-electron chi connectivity index (χ0n) is 15.9. The molecule has 0 bridgehead atoms. The van der Waals surface area contributed by atoms with E-state index in [1.807, 2.05) is 79.7 Å². The van der Waals surface area contributed by atoms with E-state index in [4.69, 9.17) is 14.2 Å². The van der Waals surface area contributed by atoms with Gasteiger partial charge in [0.2, 0.25) is 0 Å². The maximum absolute atomic E-state index is 12.1. The molecule has 0 aromatic heterocycles. The van der Waals surface area contributed by atoms with Crippen molar-refractivity contribution in [3.05, 3.63) is 89.5 Å². The molecule has 0 saturated heterocycles. The molecule has 0 amide bonds. The molecular formula is C24H22O4. The van der Waals surface area contributed by atoms with E-state index in [2.05, 4.69) is 0 Å². The van der Waals surface area contributed by atoms with Gasteiger partial charge in [-0.05, 0) is 47.9 Å². The lowest BCUT2D eigenvalue weighted by Gasteiger charge is -2.11. The van der Waals surface area contributed by atoms with Crippen LogP contribution in [0.4, 0.5) is 0 Å². The highest BCUT2D eigenvalue weighted by atomic mass is 16.6. The molecule has 0 heterocycles. The van der Waals surface area contributed by atoms with Crippen molar-refractivity contribution in [2.24, 2.45) is 0 Å². The van der Waals surface area contributed by atoms with Crippen molar-refractivity contribution in [2.75, 3.05) is 13.7 Å². The quantitative estimate of drug-likeness (QED) is 0.326. The Hall–Kier alpha value is -3.53. The molecule has 0 aliphatic carbocycles. The highest BCUT2D eigenvalue weighted by Crippen LogP contribution is 2.29. The van der Waals surface area contributed by atoms with E-state index in [9.17, 15) is 4.79 Å². The van der Waals surface area contributed by atoms with E-state index in [1.54, 1.807) is 19.2 Å². The maximum atomic E-state index is 12.1. The summed E-state index contributed by atoms with van der Waals surface area (Å²) in [4.78, 5) is 12.1. The number of ether oxygens (including phenoxy) is 3. The first-order chi connectivity index (χ1) is 13.6. The summed E-state index contributed by atoms with van der Waals surface area (Å²) in [6.07, 6.45) is 3.99. The van der Waals surface area contributed by atoms with Crippen molar-refractivity contribution >= 4 is 18.1 Å². The number of aryl methyl sites for hydroxylation is 1. The fourth-order valence-corrected chi connectivity index (χ4v) is 2.63. The van der Waals surface area contributed by atoms with Gasteiger partial charge in [-0.25, -0.2) is 4.79 Å². The first-order valence-corrected chi connectivity index (χ1v) is 8.95. The number of methoxy groups -OCH3 is 1. The average molecular weight is 374 g/mol. The van der Waals surface area contributed by atoms with Gasteiger partial charge in [-0.1, -0.05) is 60.7 Å². The lowest BCUT2D eigenvalue weighted by atomic mass is 10.1. The highest BCUT2D eigenvalue weighted by Gasteiger charge is 2.11. The minimum atomic E-state index is -0.493. The molecule has 0 radical (unpaired) electrons. The van der Waals surface area contributed by atoms with Crippen LogP contribution in [0.1, 0.15) is 16.7 Å². The second-order valence-corrected chi connectivity index (χ2v) is 6.23. The van der Waals surface area contributed by atoms with Crippen molar-refractivity contribution in [1.29, 1.82) is 0 Å². The molecule has 0 spiro atoms. The lowest BCUT2D eigenvalue weighted by Crippen LogP contribution is -2.18. The SMILES string of the molecule is COc1cc(/C=C/c2ccccc2)ccc1OC(=O)COc1cccc(C)c1. The topological polar surface area (TPSA) is 44.8 Å². The summed E-state index contributed by atoms with van der Waals surface area (Å²) in [5.74, 6) is 0.981. The molecule has 0 aliphatic heterocycles. The van der Waals surface area contributed by atoms with Crippen LogP contribution >= 0.6 is 0 Å². The molecule has 0 unspecified atom stereocenters. The molecule has 3 aromatic carbocycles. The molecule has 4 heteroatoms. The summed E-state index contributed by atoms with van der Waals surface area (Å²) >= 11 is 0. The number of carbonyl (C=O) groups excluding carboxylic acids is 1. The smallest absolute Gasteiger partial charge is 0.349 e. The number of hydrogen-bond acceptors (Lipinski definition) is 4. The zero-order chi connectivity index (χ0) is 19.8. The molecule has 0 atom stereocenters. The minimum Gasteiger partial charge on any atom is -0.493 e. The predicted molar refractivity (Wildman–Crippen MR) is 111 cm³/mol.